The minimum absolute atomic E-state index is 0.190. The second-order valence-electron chi connectivity index (χ2n) is 3.70. The molecule has 0 saturated carbocycles. The highest BCUT2D eigenvalue weighted by molar-refractivity contribution is 7.90. The number of nitrogens with zero attached hydrogens (tertiary/aromatic N) is 1. The average molecular weight is 261 g/mol. The number of hydrogen-bond donors (Lipinski definition) is 2. The first kappa shape index (κ1) is 15.9. The van der Waals surface area contributed by atoms with Crippen molar-refractivity contribution in [2.24, 2.45) is 0 Å². The molecule has 0 fully saturated rings. The van der Waals surface area contributed by atoms with Crippen LogP contribution in [-0.4, -0.2) is 32.2 Å². The highest BCUT2D eigenvalue weighted by Gasteiger charge is 2.27. The van der Waals surface area contributed by atoms with Gasteiger partial charge in [-0.05, 0) is 19.8 Å². The van der Waals surface area contributed by atoms with Crippen molar-refractivity contribution < 1.29 is 13.2 Å². The van der Waals surface area contributed by atoms with Crippen LogP contribution >= 0.6 is 0 Å². The fourth-order valence-electron chi connectivity index (χ4n) is 1.16. The summed E-state index contributed by atoms with van der Waals surface area (Å²) in [6.45, 7) is 5.46. The first-order chi connectivity index (χ1) is 7.88. The van der Waals surface area contributed by atoms with E-state index in [1.54, 1.807) is 13.0 Å². The molecular weight excluding hydrogens is 242 g/mol. The topological polar surface area (TPSA) is 99.1 Å². The maximum Gasteiger partial charge on any atom is 0.237 e. The van der Waals surface area contributed by atoms with Crippen LogP contribution in [0.2, 0.25) is 0 Å². The maximum absolute atomic E-state index is 11.7. The van der Waals surface area contributed by atoms with Gasteiger partial charge in [0.1, 0.15) is 0 Å². The Kier molecular flexibility index (Phi) is 6.76. The molecule has 0 aromatic rings. The Bertz CT molecular complexity index is 386. The summed E-state index contributed by atoms with van der Waals surface area (Å²) in [5.41, 5.74) is 0. The molecule has 0 aliphatic heterocycles. The van der Waals surface area contributed by atoms with E-state index in [0.29, 0.717) is 6.54 Å². The molecule has 6 nitrogen and oxygen atoms in total. The highest BCUT2D eigenvalue weighted by atomic mass is 32.2. The Labute approximate surface area is 102 Å². The van der Waals surface area contributed by atoms with E-state index in [0.717, 1.165) is 6.42 Å². The van der Waals surface area contributed by atoms with Crippen LogP contribution in [0, 0.1) is 11.3 Å². The molecule has 17 heavy (non-hydrogen) atoms. The van der Waals surface area contributed by atoms with Crippen LogP contribution in [0.4, 0.5) is 0 Å². The Balaban J connectivity index is 4.52. The molecule has 0 rings (SSSR count). The van der Waals surface area contributed by atoms with Crippen LogP contribution < -0.4 is 10.0 Å². The Morgan fingerprint density at radius 1 is 1.41 bits per heavy atom. The lowest BCUT2D eigenvalue weighted by atomic mass is 10.3. The van der Waals surface area contributed by atoms with Crippen LogP contribution in [0.5, 0.6) is 0 Å². The predicted octanol–water partition coefficient (Wildman–Crippen LogP) is 0.123. The smallest absolute Gasteiger partial charge is 0.237 e. The fourth-order valence-corrected chi connectivity index (χ4v) is 2.51. The second kappa shape index (κ2) is 7.25. The lowest BCUT2D eigenvalue weighted by molar-refractivity contribution is -0.122. The summed E-state index contributed by atoms with van der Waals surface area (Å²) in [5, 5.41) is 10.1. The minimum atomic E-state index is -3.76. The standard InChI is InChI=1S/C10H19N3O3S/c1-4-6-12-10(14)8(3)13-17(15,16)9(5-2)7-11/h8-9,13H,4-6H2,1-3H3,(H,12,14). The predicted molar refractivity (Wildman–Crippen MR) is 64.5 cm³/mol. The van der Waals surface area contributed by atoms with E-state index in [2.05, 4.69) is 10.0 Å². The third-order valence-corrected chi connectivity index (χ3v) is 4.04. The van der Waals surface area contributed by atoms with E-state index >= 15 is 0 Å². The van der Waals surface area contributed by atoms with Gasteiger partial charge in [-0.1, -0.05) is 13.8 Å². The molecular formula is C10H19N3O3S. The first-order valence-corrected chi connectivity index (χ1v) is 7.12. The van der Waals surface area contributed by atoms with Crippen LogP contribution in [0.15, 0.2) is 0 Å². The zero-order chi connectivity index (χ0) is 13.5. The summed E-state index contributed by atoms with van der Waals surface area (Å²) < 4.78 is 25.5. The molecule has 2 unspecified atom stereocenters. The molecule has 0 aliphatic rings. The molecule has 0 aliphatic carbocycles. The number of nitriles is 1. The van der Waals surface area contributed by atoms with E-state index in [4.69, 9.17) is 5.26 Å². The minimum Gasteiger partial charge on any atom is -0.355 e. The number of hydrogen-bond acceptors (Lipinski definition) is 4. The number of amides is 1. The molecule has 0 saturated heterocycles. The SMILES string of the molecule is CCCNC(=O)C(C)NS(=O)(=O)C(C#N)CC. The summed E-state index contributed by atoms with van der Waals surface area (Å²) in [6, 6.07) is 0.831. The first-order valence-electron chi connectivity index (χ1n) is 5.57. The van der Waals surface area contributed by atoms with Crippen molar-refractivity contribution in [3.05, 3.63) is 0 Å². The number of carbonyl (C=O) groups excluding carboxylic acids is 1. The van der Waals surface area contributed by atoms with Gasteiger partial charge in [0, 0.05) is 6.54 Å². The lowest BCUT2D eigenvalue weighted by Crippen LogP contribution is -2.47. The van der Waals surface area contributed by atoms with Crippen molar-refractivity contribution in [1.29, 1.82) is 5.26 Å². The number of carbonyl (C=O) groups is 1. The third-order valence-electron chi connectivity index (χ3n) is 2.17. The Morgan fingerprint density at radius 3 is 2.41 bits per heavy atom. The maximum atomic E-state index is 11.7. The third kappa shape index (κ3) is 5.15. The molecule has 1 amide bonds. The molecule has 98 valence electrons. The summed E-state index contributed by atoms with van der Waals surface area (Å²) in [7, 11) is -3.76. The Morgan fingerprint density at radius 2 is 2.00 bits per heavy atom. The van der Waals surface area contributed by atoms with Gasteiger partial charge in [0.2, 0.25) is 15.9 Å². The molecule has 0 bridgehead atoms. The normalized spacial score (nSPS) is 14.7. The molecule has 0 aromatic carbocycles. The zero-order valence-electron chi connectivity index (χ0n) is 10.4. The monoisotopic (exact) mass is 261 g/mol. The molecule has 0 spiro atoms. The molecule has 7 heteroatoms. The van der Waals surface area contributed by atoms with Crippen LogP contribution in [0.3, 0.4) is 0 Å². The molecule has 2 N–H and O–H groups in total. The Hall–Kier alpha value is -1.13. The fraction of sp³-hybridized carbons (Fsp3) is 0.800. The largest absolute Gasteiger partial charge is 0.355 e. The summed E-state index contributed by atoms with van der Waals surface area (Å²) in [6.07, 6.45) is 0.968. The zero-order valence-corrected chi connectivity index (χ0v) is 11.2. The molecule has 2 atom stereocenters. The van der Waals surface area contributed by atoms with Crippen LogP contribution in [0.1, 0.15) is 33.6 Å². The van der Waals surface area contributed by atoms with Crippen LogP contribution in [0.25, 0.3) is 0 Å². The number of rotatable bonds is 7. The highest BCUT2D eigenvalue weighted by Crippen LogP contribution is 2.03. The van der Waals surface area contributed by atoms with Gasteiger partial charge in [-0.15, -0.1) is 0 Å². The van der Waals surface area contributed by atoms with Crippen molar-refractivity contribution in [2.75, 3.05) is 6.54 Å². The summed E-state index contributed by atoms with van der Waals surface area (Å²) in [5.74, 6) is -0.386. The van der Waals surface area contributed by atoms with E-state index < -0.39 is 21.3 Å². The molecule has 0 heterocycles. The van der Waals surface area contributed by atoms with E-state index in [9.17, 15) is 13.2 Å². The van der Waals surface area contributed by atoms with Crippen molar-refractivity contribution in [2.45, 2.75) is 44.9 Å². The van der Waals surface area contributed by atoms with Gasteiger partial charge in [0.05, 0.1) is 12.1 Å². The quantitative estimate of drug-likeness (QED) is 0.680. The van der Waals surface area contributed by atoms with Crippen molar-refractivity contribution in [1.82, 2.24) is 10.0 Å². The van der Waals surface area contributed by atoms with Crippen molar-refractivity contribution in [3.63, 3.8) is 0 Å². The van der Waals surface area contributed by atoms with Crippen molar-refractivity contribution in [3.8, 4) is 6.07 Å². The van der Waals surface area contributed by atoms with Gasteiger partial charge in [-0.2, -0.15) is 5.26 Å². The van der Waals surface area contributed by atoms with Gasteiger partial charge >= 0.3 is 0 Å². The van der Waals surface area contributed by atoms with E-state index in [1.807, 2.05) is 6.92 Å². The van der Waals surface area contributed by atoms with Gasteiger partial charge in [-0.3, -0.25) is 4.79 Å². The number of sulfonamides is 1. The van der Waals surface area contributed by atoms with E-state index in [1.165, 1.54) is 6.92 Å². The summed E-state index contributed by atoms with van der Waals surface area (Å²) >= 11 is 0. The summed E-state index contributed by atoms with van der Waals surface area (Å²) in [4.78, 5) is 11.5. The van der Waals surface area contributed by atoms with Crippen molar-refractivity contribution >= 4 is 15.9 Å². The molecule has 0 radical (unpaired) electrons. The molecule has 0 aromatic heterocycles. The van der Waals surface area contributed by atoms with Gasteiger partial charge in [0.25, 0.3) is 0 Å². The lowest BCUT2D eigenvalue weighted by Gasteiger charge is -2.15. The van der Waals surface area contributed by atoms with E-state index in [-0.39, 0.29) is 12.3 Å². The van der Waals surface area contributed by atoms with Gasteiger partial charge < -0.3 is 5.32 Å². The van der Waals surface area contributed by atoms with Gasteiger partial charge in [-0.25, -0.2) is 13.1 Å². The second-order valence-corrected chi connectivity index (χ2v) is 5.60. The van der Waals surface area contributed by atoms with Gasteiger partial charge in [0.15, 0.2) is 5.25 Å². The number of nitrogens with one attached hydrogen (secondary N) is 2. The van der Waals surface area contributed by atoms with Crippen LogP contribution in [-0.2, 0) is 14.8 Å². The average Bonchev–Trinajstić information content (AvgIpc) is 2.26.